The predicted octanol–water partition coefficient (Wildman–Crippen LogP) is 4.42. The van der Waals surface area contributed by atoms with E-state index >= 15 is 0 Å². The normalized spacial score (nSPS) is 18.9. The summed E-state index contributed by atoms with van der Waals surface area (Å²) < 4.78 is 30.0. The number of hydrogen-bond donors (Lipinski definition) is 3. The molecule has 2 aromatic heterocycles. The second-order valence-electron chi connectivity index (χ2n) is 11.5. The van der Waals surface area contributed by atoms with Gasteiger partial charge in [-0.2, -0.15) is 4.98 Å². The minimum Gasteiger partial charge on any atom is -0.324 e. The fraction of sp³-hybridized carbons (Fsp3) is 0.379. The van der Waals surface area contributed by atoms with E-state index in [-0.39, 0.29) is 4.90 Å². The summed E-state index contributed by atoms with van der Waals surface area (Å²) in [6.07, 6.45) is 3.70. The van der Waals surface area contributed by atoms with Gasteiger partial charge in [-0.25, -0.2) is 18.1 Å². The SMILES string of the molecule is CC1CN(Cc2ccc(Nc3ncc4ccn(-c5ccc(S(=O)(=O)NC(C)(C)C)cc5)c4n3)cc2)CC(C)N1. The first-order valence-electron chi connectivity index (χ1n) is 13.3. The van der Waals surface area contributed by atoms with Gasteiger partial charge in [-0.3, -0.25) is 4.90 Å². The summed E-state index contributed by atoms with van der Waals surface area (Å²) >= 11 is 0. The first kappa shape index (κ1) is 27.3. The lowest BCUT2D eigenvalue weighted by atomic mass is 10.1. The molecule has 1 aliphatic heterocycles. The van der Waals surface area contributed by atoms with Gasteiger partial charge >= 0.3 is 0 Å². The lowest BCUT2D eigenvalue weighted by molar-refractivity contribution is 0.166. The van der Waals surface area contributed by atoms with Crippen LogP contribution < -0.4 is 15.4 Å². The molecule has 2 atom stereocenters. The number of sulfonamides is 1. The van der Waals surface area contributed by atoms with E-state index in [0.29, 0.717) is 18.0 Å². The molecule has 5 rings (SSSR count). The Morgan fingerprint density at radius 3 is 2.28 bits per heavy atom. The Kier molecular flexibility index (Phi) is 7.47. The van der Waals surface area contributed by atoms with Crippen molar-refractivity contribution < 1.29 is 8.42 Å². The van der Waals surface area contributed by atoms with Crippen LogP contribution in [0.15, 0.2) is 71.9 Å². The molecule has 2 aromatic carbocycles. The molecule has 10 heteroatoms. The number of aromatic nitrogens is 3. The van der Waals surface area contributed by atoms with Crippen molar-refractivity contribution in [2.45, 2.75) is 63.7 Å². The van der Waals surface area contributed by atoms with Gasteiger partial charge in [0.25, 0.3) is 0 Å². The molecule has 2 unspecified atom stereocenters. The molecule has 3 N–H and O–H groups in total. The molecule has 0 radical (unpaired) electrons. The molecule has 1 saturated heterocycles. The van der Waals surface area contributed by atoms with Crippen LogP contribution in [0.5, 0.6) is 0 Å². The van der Waals surface area contributed by atoms with Gasteiger partial charge in [-0.1, -0.05) is 12.1 Å². The highest BCUT2D eigenvalue weighted by molar-refractivity contribution is 7.89. The zero-order valence-corrected chi connectivity index (χ0v) is 24.0. The Balaban J connectivity index is 1.30. The monoisotopic (exact) mass is 547 g/mol. The third-order valence-electron chi connectivity index (χ3n) is 6.54. The smallest absolute Gasteiger partial charge is 0.241 e. The first-order valence-corrected chi connectivity index (χ1v) is 14.8. The maximum absolute atomic E-state index is 12.7. The van der Waals surface area contributed by atoms with E-state index in [9.17, 15) is 8.42 Å². The van der Waals surface area contributed by atoms with Gasteiger partial charge in [0.1, 0.15) is 5.65 Å². The van der Waals surface area contributed by atoms with Crippen LogP contribution in [0.2, 0.25) is 0 Å². The van der Waals surface area contributed by atoms with E-state index in [4.69, 9.17) is 4.98 Å². The third kappa shape index (κ3) is 6.65. The number of piperazine rings is 1. The summed E-state index contributed by atoms with van der Waals surface area (Å²) in [6.45, 7) is 12.9. The number of fused-ring (bicyclic) bond motifs is 1. The second-order valence-corrected chi connectivity index (χ2v) is 13.2. The summed E-state index contributed by atoms with van der Waals surface area (Å²) in [5, 5.41) is 7.78. The third-order valence-corrected chi connectivity index (χ3v) is 8.32. The van der Waals surface area contributed by atoms with Crippen LogP contribution in [0.3, 0.4) is 0 Å². The van der Waals surface area contributed by atoms with Crippen LogP contribution in [-0.2, 0) is 16.6 Å². The number of anilines is 2. The molecule has 1 fully saturated rings. The van der Waals surface area contributed by atoms with Crippen molar-refractivity contribution in [2.24, 2.45) is 0 Å². The average Bonchev–Trinajstić information content (AvgIpc) is 3.27. The van der Waals surface area contributed by atoms with Crippen LogP contribution >= 0.6 is 0 Å². The average molecular weight is 548 g/mol. The Bertz CT molecular complexity index is 1530. The van der Waals surface area contributed by atoms with E-state index in [2.05, 4.69) is 63.4 Å². The summed E-state index contributed by atoms with van der Waals surface area (Å²) in [6, 6.07) is 18.1. The molecule has 3 heterocycles. The summed E-state index contributed by atoms with van der Waals surface area (Å²) in [7, 11) is -3.60. The van der Waals surface area contributed by atoms with Crippen molar-refractivity contribution in [3.63, 3.8) is 0 Å². The number of nitrogens with zero attached hydrogens (tertiary/aromatic N) is 4. The summed E-state index contributed by atoms with van der Waals surface area (Å²) in [4.78, 5) is 11.9. The highest BCUT2D eigenvalue weighted by Gasteiger charge is 2.22. The van der Waals surface area contributed by atoms with Gasteiger partial charge < -0.3 is 15.2 Å². The molecule has 1 aliphatic rings. The van der Waals surface area contributed by atoms with Crippen LogP contribution in [0.4, 0.5) is 11.6 Å². The van der Waals surface area contributed by atoms with Gasteiger partial charge in [0.2, 0.25) is 16.0 Å². The molecular weight excluding hydrogens is 510 g/mol. The van der Waals surface area contributed by atoms with Gasteiger partial charge in [-0.15, -0.1) is 0 Å². The van der Waals surface area contributed by atoms with E-state index < -0.39 is 15.6 Å². The number of nitrogens with one attached hydrogen (secondary N) is 3. The molecule has 0 spiro atoms. The maximum atomic E-state index is 12.7. The second kappa shape index (κ2) is 10.7. The minimum atomic E-state index is -3.60. The van der Waals surface area contributed by atoms with Crippen molar-refractivity contribution in [1.29, 1.82) is 0 Å². The zero-order chi connectivity index (χ0) is 27.8. The standard InChI is InChI=1S/C29H37N7O2S/c1-20-17-35(18-21(2)31-20)19-22-6-8-24(9-7-22)32-28-30-16-23-14-15-36(27(23)33-28)25-10-12-26(13-11-25)39(37,38)34-29(3,4)5/h6-16,20-21,31,34H,17-19H2,1-5H3,(H,30,32,33). The molecule has 9 nitrogen and oxygen atoms in total. The van der Waals surface area contributed by atoms with Crippen LogP contribution in [0, 0.1) is 0 Å². The number of benzene rings is 2. The van der Waals surface area contributed by atoms with E-state index in [1.165, 1.54) is 5.56 Å². The molecule has 0 bridgehead atoms. The Labute approximate surface area is 230 Å². The Hall–Kier alpha value is -3.31. The fourth-order valence-corrected chi connectivity index (χ4v) is 6.50. The first-order chi connectivity index (χ1) is 18.4. The molecule has 4 aromatic rings. The number of rotatable bonds is 7. The van der Waals surface area contributed by atoms with Gasteiger partial charge in [-0.05, 0) is 82.6 Å². The van der Waals surface area contributed by atoms with Gasteiger partial charge in [0.05, 0.1) is 4.90 Å². The van der Waals surface area contributed by atoms with Crippen LogP contribution in [-0.4, -0.2) is 58.6 Å². The molecular formula is C29H37N7O2S. The van der Waals surface area contributed by atoms with E-state index in [1.54, 1.807) is 30.5 Å². The van der Waals surface area contributed by atoms with E-state index in [1.807, 2.05) is 37.6 Å². The van der Waals surface area contributed by atoms with Crippen LogP contribution in [0.25, 0.3) is 16.7 Å². The molecule has 39 heavy (non-hydrogen) atoms. The predicted molar refractivity (Wildman–Crippen MR) is 156 cm³/mol. The molecule has 0 aliphatic carbocycles. The summed E-state index contributed by atoms with van der Waals surface area (Å²) in [5.41, 5.74) is 3.17. The fourth-order valence-electron chi connectivity index (χ4n) is 5.08. The lowest BCUT2D eigenvalue weighted by Gasteiger charge is -2.36. The molecule has 0 amide bonds. The van der Waals surface area contributed by atoms with Crippen molar-refractivity contribution >= 4 is 32.7 Å². The van der Waals surface area contributed by atoms with Crippen molar-refractivity contribution in [3.8, 4) is 5.69 Å². The van der Waals surface area contributed by atoms with Gasteiger partial charge in [0, 0.05) is 66.4 Å². The molecule has 206 valence electrons. The maximum Gasteiger partial charge on any atom is 0.241 e. The van der Waals surface area contributed by atoms with Gasteiger partial charge in [0.15, 0.2) is 0 Å². The van der Waals surface area contributed by atoms with Crippen molar-refractivity contribution in [3.05, 3.63) is 72.6 Å². The minimum absolute atomic E-state index is 0.221. The summed E-state index contributed by atoms with van der Waals surface area (Å²) in [5.74, 6) is 0.494. The van der Waals surface area contributed by atoms with E-state index in [0.717, 1.165) is 42.0 Å². The lowest BCUT2D eigenvalue weighted by Crippen LogP contribution is -2.53. The quantitative estimate of drug-likeness (QED) is 0.315. The Morgan fingerprint density at radius 1 is 0.974 bits per heavy atom. The number of hydrogen-bond acceptors (Lipinski definition) is 7. The molecule has 0 saturated carbocycles. The van der Waals surface area contributed by atoms with Crippen molar-refractivity contribution in [1.82, 2.24) is 29.5 Å². The van der Waals surface area contributed by atoms with Crippen LogP contribution in [0.1, 0.15) is 40.2 Å². The topological polar surface area (TPSA) is 104 Å². The largest absolute Gasteiger partial charge is 0.324 e. The highest BCUT2D eigenvalue weighted by atomic mass is 32.2. The zero-order valence-electron chi connectivity index (χ0n) is 23.1. The highest BCUT2D eigenvalue weighted by Crippen LogP contribution is 2.23. The Morgan fingerprint density at radius 2 is 1.64 bits per heavy atom. The van der Waals surface area contributed by atoms with Crippen molar-refractivity contribution in [2.75, 3.05) is 18.4 Å².